The second-order valence-corrected chi connectivity index (χ2v) is 4.33. The number of carboxylic acids is 1. The van der Waals surface area contributed by atoms with Crippen molar-refractivity contribution >= 4 is 17.9 Å². The summed E-state index contributed by atoms with van der Waals surface area (Å²) in [5, 5.41) is 21.4. The maximum Gasteiger partial charge on any atom is 0.321 e. The second kappa shape index (κ2) is 7.37. The van der Waals surface area contributed by atoms with E-state index >= 15 is 0 Å². The van der Waals surface area contributed by atoms with Gasteiger partial charge in [-0.15, -0.1) is 10.2 Å². The molecule has 1 unspecified atom stereocenters. The highest BCUT2D eigenvalue weighted by Crippen LogP contribution is 2.06. The summed E-state index contributed by atoms with van der Waals surface area (Å²) < 4.78 is 0. The molecule has 8 nitrogen and oxygen atoms in total. The van der Waals surface area contributed by atoms with Crippen molar-refractivity contribution in [2.24, 2.45) is 0 Å². The molecule has 8 heteroatoms. The molecule has 1 aromatic heterocycles. The van der Waals surface area contributed by atoms with Crippen LogP contribution in [0, 0.1) is 0 Å². The molecule has 0 bridgehead atoms. The van der Waals surface area contributed by atoms with E-state index in [1.807, 2.05) is 13.8 Å². The van der Waals surface area contributed by atoms with E-state index in [2.05, 4.69) is 25.8 Å². The zero-order chi connectivity index (χ0) is 15.1. The van der Waals surface area contributed by atoms with E-state index in [1.165, 1.54) is 0 Å². The van der Waals surface area contributed by atoms with Crippen molar-refractivity contribution in [1.29, 1.82) is 0 Å². The van der Waals surface area contributed by atoms with Crippen molar-refractivity contribution in [2.45, 2.75) is 46.1 Å². The predicted molar refractivity (Wildman–Crippen MR) is 72.5 cm³/mol. The maximum atomic E-state index is 11.6. The van der Waals surface area contributed by atoms with Crippen molar-refractivity contribution in [3.05, 3.63) is 11.4 Å². The van der Waals surface area contributed by atoms with Gasteiger partial charge in [0.2, 0.25) is 0 Å². The van der Waals surface area contributed by atoms with Gasteiger partial charge in [-0.25, -0.2) is 9.78 Å². The van der Waals surface area contributed by atoms with Crippen LogP contribution in [0.2, 0.25) is 0 Å². The zero-order valence-electron chi connectivity index (χ0n) is 11.8. The first-order chi connectivity index (χ1) is 9.46. The number of carbonyl (C=O) groups excluding carboxylic acids is 1. The number of nitrogens with zero attached hydrogens (tertiary/aromatic N) is 3. The number of rotatable bonds is 6. The van der Waals surface area contributed by atoms with Crippen molar-refractivity contribution in [1.82, 2.24) is 20.5 Å². The molecule has 0 saturated carbocycles. The highest BCUT2D eigenvalue weighted by Gasteiger charge is 2.13. The van der Waals surface area contributed by atoms with Gasteiger partial charge in [0.25, 0.3) is 5.95 Å². The van der Waals surface area contributed by atoms with E-state index in [1.54, 1.807) is 6.92 Å². The van der Waals surface area contributed by atoms with Crippen molar-refractivity contribution in [3.8, 4) is 0 Å². The van der Waals surface area contributed by atoms with E-state index in [9.17, 15) is 9.59 Å². The molecule has 0 aromatic carbocycles. The molecule has 0 saturated heterocycles. The Morgan fingerprint density at radius 2 is 1.85 bits per heavy atom. The van der Waals surface area contributed by atoms with Crippen molar-refractivity contribution < 1.29 is 14.7 Å². The normalized spacial score (nSPS) is 11.8. The third-order valence-corrected chi connectivity index (χ3v) is 2.59. The van der Waals surface area contributed by atoms with E-state index in [-0.39, 0.29) is 12.4 Å². The van der Waals surface area contributed by atoms with Crippen molar-refractivity contribution in [2.75, 3.05) is 5.32 Å². The number of carboxylic acid groups (broad SMARTS) is 1. The summed E-state index contributed by atoms with van der Waals surface area (Å²) >= 11 is 0. The number of carbonyl (C=O) groups is 2. The van der Waals surface area contributed by atoms with Crippen LogP contribution in [0.1, 0.15) is 38.6 Å². The average Bonchev–Trinajstić information content (AvgIpc) is 2.37. The van der Waals surface area contributed by atoms with E-state index < -0.39 is 18.0 Å². The molecule has 0 aliphatic heterocycles. The lowest BCUT2D eigenvalue weighted by Gasteiger charge is -2.12. The van der Waals surface area contributed by atoms with Crippen LogP contribution < -0.4 is 10.6 Å². The van der Waals surface area contributed by atoms with Gasteiger partial charge in [0.05, 0.1) is 17.8 Å². The monoisotopic (exact) mass is 281 g/mol. The lowest BCUT2D eigenvalue weighted by atomic mass is 10.2. The summed E-state index contributed by atoms with van der Waals surface area (Å²) in [6.07, 6.45) is 1.28. The number of urea groups is 1. The quantitative estimate of drug-likeness (QED) is 0.715. The molecule has 0 aliphatic rings. The van der Waals surface area contributed by atoms with Crippen molar-refractivity contribution in [3.63, 3.8) is 0 Å². The Bertz CT molecular complexity index is 492. The largest absolute Gasteiger partial charge is 0.481 e. The zero-order valence-corrected chi connectivity index (χ0v) is 11.8. The summed E-state index contributed by atoms with van der Waals surface area (Å²) in [5.74, 6) is -0.865. The second-order valence-electron chi connectivity index (χ2n) is 4.33. The molecule has 1 rings (SSSR count). The summed E-state index contributed by atoms with van der Waals surface area (Å²) in [6, 6.07) is -1.03. The Labute approximate surface area is 117 Å². The fourth-order valence-corrected chi connectivity index (χ4v) is 1.67. The molecule has 0 radical (unpaired) electrons. The Hall–Kier alpha value is -2.25. The predicted octanol–water partition coefficient (Wildman–Crippen LogP) is 0.981. The number of aryl methyl sites for hydroxylation is 2. The number of amides is 2. The van der Waals surface area contributed by atoms with Crippen LogP contribution in [0.15, 0.2) is 0 Å². The van der Waals surface area contributed by atoms with Gasteiger partial charge in [0.15, 0.2) is 0 Å². The molecule has 1 aromatic rings. The number of aromatic nitrogens is 3. The number of hydrogen-bond acceptors (Lipinski definition) is 5. The van der Waals surface area contributed by atoms with Gasteiger partial charge in [-0.2, -0.15) is 0 Å². The third-order valence-electron chi connectivity index (χ3n) is 2.59. The topological polar surface area (TPSA) is 117 Å². The minimum absolute atomic E-state index is 0.110. The first kappa shape index (κ1) is 15.8. The highest BCUT2D eigenvalue weighted by atomic mass is 16.4. The van der Waals surface area contributed by atoms with E-state index in [0.717, 1.165) is 17.8 Å². The smallest absolute Gasteiger partial charge is 0.321 e. The SMILES string of the molecule is CCc1nnc(NC(=O)NC(C)CC(=O)O)nc1CC. The van der Waals surface area contributed by atoms with Gasteiger partial charge < -0.3 is 10.4 Å². The standard InChI is InChI=1S/C12H19N5O3/c1-4-8-9(5-2)16-17-11(14-8)15-12(20)13-7(3)6-10(18)19/h7H,4-6H2,1-3H3,(H,18,19)(H2,13,14,15,17,20). The van der Waals surface area contributed by atoms with Gasteiger partial charge in [-0.3, -0.25) is 10.1 Å². The molecule has 110 valence electrons. The van der Waals surface area contributed by atoms with E-state index in [0.29, 0.717) is 6.42 Å². The van der Waals surface area contributed by atoms with Gasteiger partial charge in [0, 0.05) is 6.04 Å². The average molecular weight is 281 g/mol. The summed E-state index contributed by atoms with van der Waals surface area (Å²) in [5.41, 5.74) is 1.59. The number of hydrogen-bond donors (Lipinski definition) is 3. The van der Waals surface area contributed by atoms with E-state index in [4.69, 9.17) is 5.11 Å². The molecule has 1 atom stereocenters. The first-order valence-electron chi connectivity index (χ1n) is 6.48. The fourth-order valence-electron chi connectivity index (χ4n) is 1.67. The first-order valence-corrected chi connectivity index (χ1v) is 6.48. The maximum absolute atomic E-state index is 11.6. The van der Waals surface area contributed by atoms with Gasteiger partial charge in [0.1, 0.15) is 0 Å². The molecule has 3 N–H and O–H groups in total. The molecule has 2 amide bonds. The highest BCUT2D eigenvalue weighted by molar-refractivity contribution is 5.87. The molecule has 1 heterocycles. The Kier molecular flexibility index (Phi) is 5.82. The number of anilines is 1. The Morgan fingerprint density at radius 3 is 2.40 bits per heavy atom. The molecular weight excluding hydrogens is 262 g/mol. The summed E-state index contributed by atoms with van der Waals surface area (Å²) in [6.45, 7) is 5.50. The number of aliphatic carboxylic acids is 1. The molecule has 0 fully saturated rings. The van der Waals surface area contributed by atoms with Crippen LogP contribution in [-0.4, -0.2) is 38.3 Å². The minimum atomic E-state index is -0.976. The van der Waals surface area contributed by atoms with Gasteiger partial charge >= 0.3 is 12.0 Å². The van der Waals surface area contributed by atoms with Gasteiger partial charge in [-0.1, -0.05) is 13.8 Å². The minimum Gasteiger partial charge on any atom is -0.481 e. The number of nitrogens with one attached hydrogen (secondary N) is 2. The van der Waals surface area contributed by atoms with Crippen LogP contribution in [0.3, 0.4) is 0 Å². The summed E-state index contributed by atoms with van der Waals surface area (Å²) in [4.78, 5) is 26.3. The van der Waals surface area contributed by atoms with Crippen LogP contribution in [-0.2, 0) is 17.6 Å². The molecule has 0 aliphatic carbocycles. The Morgan fingerprint density at radius 1 is 1.20 bits per heavy atom. The molecular formula is C12H19N5O3. The summed E-state index contributed by atoms with van der Waals surface area (Å²) in [7, 11) is 0. The third kappa shape index (κ3) is 4.79. The lowest BCUT2D eigenvalue weighted by Crippen LogP contribution is -2.37. The fraction of sp³-hybridized carbons (Fsp3) is 0.583. The van der Waals surface area contributed by atoms with Crippen LogP contribution in [0.4, 0.5) is 10.7 Å². The molecule has 20 heavy (non-hydrogen) atoms. The molecule has 0 spiro atoms. The lowest BCUT2D eigenvalue weighted by molar-refractivity contribution is -0.137. The Balaban J connectivity index is 2.64. The van der Waals surface area contributed by atoms with Crippen LogP contribution in [0.25, 0.3) is 0 Å². The van der Waals surface area contributed by atoms with Crippen LogP contribution in [0.5, 0.6) is 0 Å². The van der Waals surface area contributed by atoms with Crippen LogP contribution >= 0.6 is 0 Å². The van der Waals surface area contributed by atoms with Gasteiger partial charge in [-0.05, 0) is 19.8 Å².